The normalized spacial score (nSPS) is 21.7. The minimum absolute atomic E-state index is 0.000558. The van der Waals surface area contributed by atoms with Crippen LogP contribution in [0.4, 0.5) is 0 Å². The van der Waals surface area contributed by atoms with Gasteiger partial charge in [0, 0.05) is 19.1 Å². The van der Waals surface area contributed by atoms with E-state index in [-0.39, 0.29) is 18.0 Å². The van der Waals surface area contributed by atoms with E-state index < -0.39 is 0 Å². The van der Waals surface area contributed by atoms with Gasteiger partial charge in [0.1, 0.15) is 0 Å². The quantitative estimate of drug-likeness (QED) is 0.768. The lowest BCUT2D eigenvalue weighted by molar-refractivity contribution is -0.123. The third-order valence-corrected chi connectivity index (χ3v) is 3.27. The Hall–Kier alpha value is -1.39. The number of amides is 1. The fourth-order valence-corrected chi connectivity index (χ4v) is 2.37. The molecule has 2 atom stereocenters. The van der Waals surface area contributed by atoms with Crippen molar-refractivity contribution in [1.82, 2.24) is 5.32 Å². The molecule has 1 aliphatic rings. The number of rotatable bonds is 5. The van der Waals surface area contributed by atoms with Gasteiger partial charge in [-0.1, -0.05) is 24.3 Å². The fourth-order valence-electron chi connectivity index (χ4n) is 2.37. The Balaban J connectivity index is 1.95. The summed E-state index contributed by atoms with van der Waals surface area (Å²) in [5.41, 5.74) is 8.47. The van der Waals surface area contributed by atoms with Crippen molar-refractivity contribution in [3.63, 3.8) is 0 Å². The maximum absolute atomic E-state index is 11.8. The second-order valence-corrected chi connectivity index (χ2v) is 4.56. The Bertz CT molecular complexity index is 420. The van der Waals surface area contributed by atoms with Gasteiger partial charge in [0.15, 0.2) is 0 Å². The van der Waals surface area contributed by atoms with E-state index in [4.69, 9.17) is 10.5 Å². The lowest BCUT2D eigenvalue weighted by atomic mass is 10.1. The van der Waals surface area contributed by atoms with Gasteiger partial charge in [-0.3, -0.25) is 4.79 Å². The predicted molar refractivity (Wildman–Crippen MR) is 70.1 cm³/mol. The number of hydrogen-bond donors (Lipinski definition) is 2. The summed E-state index contributed by atoms with van der Waals surface area (Å²) in [6.45, 7) is 3.02. The Labute approximate surface area is 108 Å². The molecule has 0 aromatic heterocycles. The van der Waals surface area contributed by atoms with E-state index >= 15 is 0 Å². The lowest BCUT2D eigenvalue weighted by Gasteiger charge is -2.18. The second-order valence-electron chi connectivity index (χ2n) is 4.56. The smallest absolute Gasteiger partial charge is 0.222 e. The van der Waals surface area contributed by atoms with Crippen LogP contribution in [0.1, 0.15) is 30.5 Å². The molecule has 18 heavy (non-hydrogen) atoms. The van der Waals surface area contributed by atoms with Crippen molar-refractivity contribution >= 4 is 5.91 Å². The maximum atomic E-state index is 11.8. The Kier molecular flexibility index (Phi) is 4.33. The summed E-state index contributed by atoms with van der Waals surface area (Å²) in [4.78, 5) is 11.8. The molecule has 0 saturated carbocycles. The Morgan fingerprint density at radius 2 is 2.28 bits per heavy atom. The molecule has 0 bridgehead atoms. The van der Waals surface area contributed by atoms with Gasteiger partial charge in [-0.2, -0.15) is 0 Å². The van der Waals surface area contributed by atoms with E-state index in [2.05, 4.69) is 11.4 Å². The van der Waals surface area contributed by atoms with Crippen LogP contribution in [0.25, 0.3) is 0 Å². The van der Waals surface area contributed by atoms with E-state index in [0.29, 0.717) is 19.6 Å². The molecule has 1 aliphatic carbocycles. The lowest BCUT2D eigenvalue weighted by Crippen LogP contribution is -2.38. The zero-order valence-electron chi connectivity index (χ0n) is 10.7. The number of hydrogen-bond acceptors (Lipinski definition) is 3. The van der Waals surface area contributed by atoms with Crippen molar-refractivity contribution in [2.24, 2.45) is 5.73 Å². The average Bonchev–Trinajstić information content (AvgIpc) is 2.67. The summed E-state index contributed by atoms with van der Waals surface area (Å²) in [5.74, 6) is 0.000558. The zero-order chi connectivity index (χ0) is 13.0. The van der Waals surface area contributed by atoms with Gasteiger partial charge in [0.05, 0.1) is 12.6 Å². The van der Waals surface area contributed by atoms with Crippen LogP contribution in [0.15, 0.2) is 24.3 Å². The molecular weight excluding hydrogens is 228 g/mol. The molecule has 0 heterocycles. The number of carbonyl (C=O) groups excluding carboxylic acids is 1. The molecule has 2 rings (SSSR count). The van der Waals surface area contributed by atoms with Gasteiger partial charge in [0.25, 0.3) is 0 Å². The molecule has 0 radical (unpaired) electrons. The van der Waals surface area contributed by atoms with Crippen molar-refractivity contribution in [3.05, 3.63) is 35.4 Å². The van der Waals surface area contributed by atoms with E-state index in [1.165, 1.54) is 5.56 Å². The number of carbonyl (C=O) groups is 1. The number of nitrogens with two attached hydrogens (primary N) is 1. The van der Waals surface area contributed by atoms with Crippen LogP contribution in [-0.4, -0.2) is 25.2 Å². The second kappa shape index (κ2) is 5.98. The first-order valence-electron chi connectivity index (χ1n) is 6.43. The first kappa shape index (κ1) is 13.1. The zero-order valence-corrected chi connectivity index (χ0v) is 10.7. The standard InChI is InChI=1S/C14H20N2O2/c1-2-18-8-7-13(17)16-14-11-6-4-3-5-10(11)9-12(14)15/h3-6,12,14H,2,7-9,15H2,1H3,(H,16,17). The van der Waals surface area contributed by atoms with Crippen LogP contribution in [0.2, 0.25) is 0 Å². The molecule has 0 fully saturated rings. The van der Waals surface area contributed by atoms with Crippen LogP contribution in [0.3, 0.4) is 0 Å². The van der Waals surface area contributed by atoms with Crippen molar-refractivity contribution < 1.29 is 9.53 Å². The van der Waals surface area contributed by atoms with E-state index in [1.54, 1.807) is 0 Å². The van der Waals surface area contributed by atoms with Crippen molar-refractivity contribution in [3.8, 4) is 0 Å². The number of benzene rings is 1. The molecular formula is C14H20N2O2. The Morgan fingerprint density at radius 1 is 1.50 bits per heavy atom. The van der Waals surface area contributed by atoms with Gasteiger partial charge < -0.3 is 15.8 Å². The molecule has 1 amide bonds. The Morgan fingerprint density at radius 3 is 3.06 bits per heavy atom. The van der Waals surface area contributed by atoms with Crippen LogP contribution in [0.5, 0.6) is 0 Å². The molecule has 1 aromatic carbocycles. The highest BCUT2D eigenvalue weighted by Crippen LogP contribution is 2.29. The average molecular weight is 248 g/mol. The fraction of sp³-hybridized carbons (Fsp3) is 0.500. The topological polar surface area (TPSA) is 64.3 Å². The minimum Gasteiger partial charge on any atom is -0.381 e. The first-order chi connectivity index (χ1) is 8.72. The summed E-state index contributed by atoms with van der Waals surface area (Å²) in [6, 6.07) is 8.01. The van der Waals surface area contributed by atoms with Gasteiger partial charge in [-0.05, 0) is 24.5 Å². The third kappa shape index (κ3) is 2.89. The van der Waals surface area contributed by atoms with Crippen LogP contribution >= 0.6 is 0 Å². The summed E-state index contributed by atoms with van der Waals surface area (Å²) >= 11 is 0. The molecule has 0 saturated heterocycles. The SMILES string of the molecule is CCOCCC(=O)NC1c2ccccc2CC1N. The number of fused-ring (bicyclic) bond motifs is 1. The molecule has 4 nitrogen and oxygen atoms in total. The minimum atomic E-state index is -0.0599. The van der Waals surface area contributed by atoms with Crippen molar-refractivity contribution in [2.75, 3.05) is 13.2 Å². The largest absolute Gasteiger partial charge is 0.381 e. The van der Waals surface area contributed by atoms with Gasteiger partial charge in [0.2, 0.25) is 5.91 Å². The summed E-state index contributed by atoms with van der Waals surface area (Å²) in [6.07, 6.45) is 1.21. The highest BCUT2D eigenvalue weighted by atomic mass is 16.5. The van der Waals surface area contributed by atoms with Crippen LogP contribution < -0.4 is 11.1 Å². The summed E-state index contributed by atoms with van der Waals surface area (Å²) in [7, 11) is 0. The molecule has 0 aliphatic heterocycles. The molecule has 1 aromatic rings. The number of nitrogens with one attached hydrogen (secondary N) is 1. The van der Waals surface area contributed by atoms with Crippen LogP contribution in [-0.2, 0) is 16.0 Å². The number of ether oxygens (including phenoxy) is 1. The molecule has 4 heteroatoms. The molecule has 98 valence electrons. The summed E-state index contributed by atoms with van der Waals surface area (Å²) < 4.78 is 5.17. The molecule has 2 unspecified atom stereocenters. The van der Waals surface area contributed by atoms with Gasteiger partial charge >= 0.3 is 0 Å². The summed E-state index contributed by atoms with van der Waals surface area (Å²) in [5, 5.41) is 3.00. The van der Waals surface area contributed by atoms with E-state index in [1.807, 2.05) is 25.1 Å². The molecule has 3 N–H and O–H groups in total. The van der Waals surface area contributed by atoms with Crippen LogP contribution in [0, 0.1) is 0 Å². The predicted octanol–water partition coefficient (Wildman–Crippen LogP) is 1.15. The highest BCUT2D eigenvalue weighted by Gasteiger charge is 2.30. The first-order valence-corrected chi connectivity index (χ1v) is 6.43. The van der Waals surface area contributed by atoms with E-state index in [0.717, 1.165) is 12.0 Å². The van der Waals surface area contributed by atoms with Gasteiger partial charge in [-0.15, -0.1) is 0 Å². The monoisotopic (exact) mass is 248 g/mol. The van der Waals surface area contributed by atoms with Crippen molar-refractivity contribution in [2.45, 2.75) is 31.8 Å². The van der Waals surface area contributed by atoms with Crippen molar-refractivity contribution in [1.29, 1.82) is 0 Å². The van der Waals surface area contributed by atoms with E-state index in [9.17, 15) is 4.79 Å². The van der Waals surface area contributed by atoms with Gasteiger partial charge in [-0.25, -0.2) is 0 Å². The third-order valence-electron chi connectivity index (χ3n) is 3.27. The molecule has 0 spiro atoms. The highest BCUT2D eigenvalue weighted by molar-refractivity contribution is 5.76. The maximum Gasteiger partial charge on any atom is 0.222 e.